The average molecular weight is 268 g/mol. The van der Waals surface area contributed by atoms with E-state index in [9.17, 15) is 8.42 Å². The first kappa shape index (κ1) is 14.6. The minimum absolute atomic E-state index is 0.140. The second-order valence-corrected chi connectivity index (χ2v) is 5.77. The van der Waals surface area contributed by atoms with Crippen LogP contribution in [0.2, 0.25) is 0 Å². The van der Waals surface area contributed by atoms with Crippen LogP contribution >= 0.6 is 0 Å². The molecule has 1 aromatic carbocycles. The Morgan fingerprint density at radius 1 is 1.50 bits per heavy atom. The van der Waals surface area contributed by atoms with Crippen molar-refractivity contribution in [2.75, 3.05) is 13.7 Å². The molecule has 1 unspecified atom stereocenters. The molecule has 0 saturated carbocycles. The number of benzene rings is 1. The smallest absolute Gasteiger partial charge is 0.215 e. The third-order valence-electron chi connectivity index (χ3n) is 2.41. The van der Waals surface area contributed by atoms with Crippen molar-refractivity contribution < 1.29 is 13.2 Å². The van der Waals surface area contributed by atoms with Crippen molar-refractivity contribution in [1.29, 1.82) is 5.26 Å². The number of ether oxygens (including phenoxy) is 1. The highest BCUT2D eigenvalue weighted by atomic mass is 32.2. The van der Waals surface area contributed by atoms with Gasteiger partial charge in [-0.25, -0.2) is 13.1 Å². The van der Waals surface area contributed by atoms with Crippen LogP contribution in [0, 0.1) is 11.3 Å². The van der Waals surface area contributed by atoms with E-state index in [-0.39, 0.29) is 18.4 Å². The van der Waals surface area contributed by atoms with E-state index in [1.165, 1.54) is 7.11 Å². The Morgan fingerprint density at radius 2 is 2.22 bits per heavy atom. The molecule has 0 spiro atoms. The Hall–Kier alpha value is -1.42. The number of methoxy groups -OCH3 is 1. The highest BCUT2D eigenvalue weighted by molar-refractivity contribution is 7.88. The molecule has 1 atom stereocenters. The lowest BCUT2D eigenvalue weighted by Gasteiger charge is -2.11. The molecule has 0 aliphatic carbocycles. The first-order chi connectivity index (χ1) is 8.46. The van der Waals surface area contributed by atoms with Gasteiger partial charge < -0.3 is 4.74 Å². The Labute approximate surface area is 107 Å². The van der Waals surface area contributed by atoms with Gasteiger partial charge in [0.05, 0.1) is 23.5 Å². The quantitative estimate of drug-likeness (QED) is 0.835. The molecule has 1 aromatic rings. The van der Waals surface area contributed by atoms with E-state index in [1.807, 2.05) is 6.07 Å². The molecule has 0 aromatic heterocycles. The molecular weight excluding hydrogens is 252 g/mol. The second kappa shape index (κ2) is 6.50. The van der Waals surface area contributed by atoms with Crippen molar-refractivity contribution in [3.8, 4) is 6.07 Å². The largest absolute Gasteiger partial charge is 0.380 e. The van der Waals surface area contributed by atoms with Crippen molar-refractivity contribution in [3.63, 3.8) is 0 Å². The van der Waals surface area contributed by atoms with Crippen molar-refractivity contribution in [1.82, 2.24) is 4.72 Å². The van der Waals surface area contributed by atoms with Crippen molar-refractivity contribution in [2.45, 2.75) is 18.8 Å². The molecule has 0 heterocycles. The first-order valence-electron chi connectivity index (χ1n) is 5.46. The van der Waals surface area contributed by atoms with Gasteiger partial charge >= 0.3 is 0 Å². The summed E-state index contributed by atoms with van der Waals surface area (Å²) < 4.78 is 31.0. The molecule has 1 N–H and O–H groups in total. The van der Waals surface area contributed by atoms with Crippen LogP contribution in [0.25, 0.3) is 0 Å². The summed E-state index contributed by atoms with van der Waals surface area (Å²) in [6.45, 7) is 2.01. The van der Waals surface area contributed by atoms with Gasteiger partial charge in [0.25, 0.3) is 0 Å². The standard InChI is InChI=1S/C12H16N2O3S/c1-10(17-2)8-14-18(15,16)9-12-5-3-4-11(6-12)7-13/h3-6,10,14H,8-9H2,1-2H3. The maximum absolute atomic E-state index is 11.8. The summed E-state index contributed by atoms with van der Waals surface area (Å²) in [4.78, 5) is 0. The van der Waals surface area contributed by atoms with E-state index in [0.29, 0.717) is 11.1 Å². The topological polar surface area (TPSA) is 79.2 Å². The summed E-state index contributed by atoms with van der Waals surface area (Å²) >= 11 is 0. The zero-order valence-corrected chi connectivity index (χ0v) is 11.2. The minimum atomic E-state index is -3.40. The lowest BCUT2D eigenvalue weighted by atomic mass is 10.2. The third kappa shape index (κ3) is 4.84. The molecule has 0 aliphatic heterocycles. The lowest BCUT2D eigenvalue weighted by Crippen LogP contribution is -2.32. The van der Waals surface area contributed by atoms with Crippen LogP contribution in [0.1, 0.15) is 18.1 Å². The third-order valence-corrected chi connectivity index (χ3v) is 3.73. The Balaban J connectivity index is 2.68. The molecule has 18 heavy (non-hydrogen) atoms. The molecule has 1 rings (SSSR count). The maximum atomic E-state index is 11.8. The molecule has 0 radical (unpaired) electrons. The van der Waals surface area contributed by atoms with Gasteiger partial charge in [0.15, 0.2) is 0 Å². The molecule has 0 aliphatic rings. The summed E-state index contributed by atoms with van der Waals surface area (Å²) in [7, 11) is -1.88. The molecule has 0 bridgehead atoms. The van der Waals surface area contributed by atoms with Gasteiger partial charge in [-0.15, -0.1) is 0 Å². The van der Waals surface area contributed by atoms with Crippen LogP contribution in [0.5, 0.6) is 0 Å². The first-order valence-corrected chi connectivity index (χ1v) is 7.11. The normalized spacial score (nSPS) is 12.9. The number of hydrogen-bond donors (Lipinski definition) is 1. The number of sulfonamides is 1. The van der Waals surface area contributed by atoms with Gasteiger partial charge in [-0.3, -0.25) is 0 Å². The fourth-order valence-corrected chi connectivity index (χ4v) is 2.54. The highest BCUT2D eigenvalue weighted by Crippen LogP contribution is 2.07. The van der Waals surface area contributed by atoms with Crippen LogP contribution in [0.3, 0.4) is 0 Å². The van der Waals surface area contributed by atoms with Crippen LogP contribution < -0.4 is 4.72 Å². The molecule has 0 fully saturated rings. The number of nitriles is 1. The van der Waals surface area contributed by atoms with Gasteiger partial charge in [-0.05, 0) is 24.6 Å². The van der Waals surface area contributed by atoms with E-state index < -0.39 is 10.0 Å². The van der Waals surface area contributed by atoms with E-state index in [0.717, 1.165) is 0 Å². The molecule has 0 saturated heterocycles. The van der Waals surface area contributed by atoms with Crippen molar-refractivity contribution in [2.24, 2.45) is 0 Å². The Bertz CT molecular complexity index is 534. The van der Waals surface area contributed by atoms with Gasteiger partial charge in [0.1, 0.15) is 0 Å². The Morgan fingerprint density at radius 3 is 2.83 bits per heavy atom. The van der Waals surface area contributed by atoms with Crippen LogP contribution in [-0.4, -0.2) is 28.2 Å². The minimum Gasteiger partial charge on any atom is -0.380 e. The number of hydrogen-bond acceptors (Lipinski definition) is 4. The number of rotatable bonds is 6. The SMILES string of the molecule is COC(C)CNS(=O)(=O)Cc1cccc(C#N)c1. The van der Waals surface area contributed by atoms with E-state index in [1.54, 1.807) is 31.2 Å². The van der Waals surface area contributed by atoms with E-state index >= 15 is 0 Å². The lowest BCUT2D eigenvalue weighted by molar-refractivity contribution is 0.122. The van der Waals surface area contributed by atoms with E-state index in [4.69, 9.17) is 10.00 Å². The fourth-order valence-electron chi connectivity index (χ4n) is 1.33. The number of nitrogens with one attached hydrogen (secondary N) is 1. The summed E-state index contributed by atoms with van der Waals surface area (Å²) in [5.74, 6) is -0.140. The van der Waals surface area contributed by atoms with Crippen LogP contribution in [-0.2, 0) is 20.5 Å². The summed E-state index contributed by atoms with van der Waals surface area (Å²) in [5, 5.41) is 8.74. The van der Waals surface area contributed by atoms with Gasteiger partial charge in [0.2, 0.25) is 10.0 Å². The molecule has 98 valence electrons. The summed E-state index contributed by atoms with van der Waals surface area (Å²) in [6.07, 6.45) is -0.176. The van der Waals surface area contributed by atoms with Crippen LogP contribution in [0.4, 0.5) is 0 Å². The van der Waals surface area contributed by atoms with Crippen molar-refractivity contribution >= 4 is 10.0 Å². The molecular formula is C12H16N2O3S. The summed E-state index contributed by atoms with van der Waals surface area (Å²) in [6, 6.07) is 8.53. The zero-order valence-electron chi connectivity index (χ0n) is 10.4. The Kier molecular flexibility index (Phi) is 5.28. The zero-order chi connectivity index (χ0) is 13.6. The fraction of sp³-hybridized carbons (Fsp3) is 0.417. The van der Waals surface area contributed by atoms with Crippen LogP contribution in [0.15, 0.2) is 24.3 Å². The highest BCUT2D eigenvalue weighted by Gasteiger charge is 2.13. The molecule has 0 amide bonds. The summed E-state index contributed by atoms with van der Waals surface area (Å²) in [5.41, 5.74) is 1.04. The maximum Gasteiger partial charge on any atom is 0.215 e. The monoisotopic (exact) mass is 268 g/mol. The van der Waals surface area contributed by atoms with Gasteiger partial charge in [-0.2, -0.15) is 5.26 Å². The van der Waals surface area contributed by atoms with Gasteiger partial charge in [-0.1, -0.05) is 12.1 Å². The van der Waals surface area contributed by atoms with Crippen molar-refractivity contribution in [3.05, 3.63) is 35.4 Å². The second-order valence-electron chi connectivity index (χ2n) is 3.97. The molecule has 5 nitrogen and oxygen atoms in total. The average Bonchev–Trinajstić information content (AvgIpc) is 2.35. The molecule has 6 heteroatoms. The van der Waals surface area contributed by atoms with Gasteiger partial charge in [0, 0.05) is 13.7 Å². The van der Waals surface area contributed by atoms with E-state index in [2.05, 4.69) is 4.72 Å². The predicted octanol–water partition coefficient (Wildman–Crippen LogP) is 1.01. The number of nitrogens with zero attached hydrogens (tertiary/aromatic N) is 1. The predicted molar refractivity (Wildman–Crippen MR) is 68.3 cm³/mol.